The first-order valence-electron chi connectivity index (χ1n) is 10.7. The lowest BCUT2D eigenvalue weighted by Gasteiger charge is -2.28. The normalized spacial score (nSPS) is 19.5. The van der Waals surface area contributed by atoms with Crippen LogP contribution >= 0.6 is 0 Å². The third kappa shape index (κ3) is 5.60. The number of ether oxygens (including phenoxy) is 2. The molecule has 0 saturated heterocycles. The van der Waals surface area contributed by atoms with E-state index in [1.54, 1.807) is 12.1 Å². The topological polar surface area (TPSA) is 18.5 Å². The molecule has 1 aliphatic carbocycles. The number of alkyl halides is 2. The van der Waals surface area contributed by atoms with Crippen LogP contribution in [0.1, 0.15) is 62.5 Å². The maximum Gasteiger partial charge on any atom is 0.429 e. The Morgan fingerprint density at radius 1 is 0.935 bits per heavy atom. The Morgan fingerprint density at radius 2 is 1.61 bits per heavy atom. The van der Waals surface area contributed by atoms with Gasteiger partial charge >= 0.3 is 6.11 Å². The minimum Gasteiger partial charge on any atom is -0.494 e. The first kappa shape index (κ1) is 23.2. The van der Waals surface area contributed by atoms with Crippen LogP contribution in [0.2, 0.25) is 0 Å². The highest BCUT2D eigenvalue weighted by Crippen LogP contribution is 2.39. The lowest BCUT2D eigenvalue weighted by Crippen LogP contribution is -2.24. The van der Waals surface area contributed by atoms with Gasteiger partial charge < -0.3 is 9.47 Å². The van der Waals surface area contributed by atoms with Crippen molar-refractivity contribution in [2.45, 2.75) is 57.5 Å². The molecule has 1 fully saturated rings. The van der Waals surface area contributed by atoms with Gasteiger partial charge in [-0.25, -0.2) is 4.39 Å². The van der Waals surface area contributed by atoms with Gasteiger partial charge in [0.25, 0.3) is 0 Å². The summed E-state index contributed by atoms with van der Waals surface area (Å²) >= 11 is 0. The largest absolute Gasteiger partial charge is 0.494 e. The highest BCUT2D eigenvalue weighted by molar-refractivity contribution is 5.34. The number of rotatable bonds is 8. The van der Waals surface area contributed by atoms with Crippen LogP contribution in [0.15, 0.2) is 48.6 Å². The van der Waals surface area contributed by atoms with E-state index in [-0.39, 0.29) is 5.75 Å². The van der Waals surface area contributed by atoms with E-state index in [4.69, 9.17) is 4.74 Å². The molecule has 2 aromatic rings. The first-order valence-corrected chi connectivity index (χ1v) is 10.7. The van der Waals surface area contributed by atoms with Gasteiger partial charge in [0, 0.05) is 0 Å². The van der Waals surface area contributed by atoms with Crippen molar-refractivity contribution >= 4 is 0 Å². The van der Waals surface area contributed by atoms with E-state index in [0.717, 1.165) is 63.3 Å². The average molecular weight is 436 g/mol. The van der Waals surface area contributed by atoms with E-state index in [9.17, 15) is 17.6 Å². The van der Waals surface area contributed by atoms with Crippen LogP contribution in [0, 0.1) is 17.6 Å². The van der Waals surface area contributed by atoms with Gasteiger partial charge in [-0.3, -0.25) is 0 Å². The zero-order chi connectivity index (χ0) is 22.4. The number of halogens is 4. The second kappa shape index (κ2) is 10.2. The van der Waals surface area contributed by atoms with Crippen LogP contribution in [-0.2, 0) is 6.11 Å². The molecule has 0 unspecified atom stereocenters. The lowest BCUT2D eigenvalue weighted by molar-refractivity contribution is -0.187. The molecule has 0 spiro atoms. The summed E-state index contributed by atoms with van der Waals surface area (Å²) in [5.74, 6) is -2.61. The van der Waals surface area contributed by atoms with Gasteiger partial charge in [0.1, 0.15) is 11.3 Å². The van der Waals surface area contributed by atoms with Crippen LogP contribution in [-0.4, -0.2) is 7.11 Å². The lowest BCUT2D eigenvalue weighted by atomic mass is 9.77. The zero-order valence-electron chi connectivity index (χ0n) is 17.8. The number of hydrogen-bond acceptors (Lipinski definition) is 2. The second-order valence-corrected chi connectivity index (χ2v) is 7.96. The third-order valence-electron chi connectivity index (χ3n) is 5.90. The van der Waals surface area contributed by atoms with Crippen LogP contribution < -0.4 is 9.47 Å². The van der Waals surface area contributed by atoms with Crippen molar-refractivity contribution in [1.82, 2.24) is 0 Å². The molecule has 2 aromatic carbocycles. The Balaban J connectivity index is 1.63. The highest BCUT2D eigenvalue weighted by Gasteiger charge is 2.39. The summed E-state index contributed by atoms with van der Waals surface area (Å²) in [4.78, 5) is 0. The third-order valence-corrected chi connectivity index (χ3v) is 5.90. The highest BCUT2D eigenvalue weighted by atomic mass is 19.3. The van der Waals surface area contributed by atoms with Gasteiger partial charge in [0.05, 0.1) is 7.11 Å². The molecule has 1 saturated carbocycles. The molecule has 0 amide bonds. The smallest absolute Gasteiger partial charge is 0.429 e. The average Bonchev–Trinajstić information content (AvgIpc) is 2.76. The molecule has 0 radical (unpaired) electrons. The minimum absolute atomic E-state index is 0.109. The fourth-order valence-electron chi connectivity index (χ4n) is 4.11. The van der Waals surface area contributed by atoms with E-state index >= 15 is 0 Å². The van der Waals surface area contributed by atoms with Crippen LogP contribution in [0.25, 0.3) is 0 Å². The number of allylic oxidation sites excluding steroid dienone is 2. The predicted octanol–water partition coefficient (Wildman–Crippen LogP) is 7.73. The van der Waals surface area contributed by atoms with Crippen molar-refractivity contribution < 1.29 is 27.0 Å². The fraction of sp³-hybridized carbons (Fsp3) is 0.440. The SMILES string of the molecule is CC/C=C/CC1CCC(c2ccc(OC(F)(F)c3ccc(OC)c(F)c3F)cc2)CC1. The van der Waals surface area contributed by atoms with E-state index in [1.807, 2.05) is 0 Å². The summed E-state index contributed by atoms with van der Waals surface area (Å²) in [5.41, 5.74) is -0.0924. The molecular formula is C25H28F4O2. The molecule has 0 heterocycles. The van der Waals surface area contributed by atoms with Gasteiger partial charge in [-0.2, -0.15) is 13.2 Å². The molecule has 0 aromatic heterocycles. The summed E-state index contributed by atoms with van der Waals surface area (Å²) < 4.78 is 66.1. The van der Waals surface area contributed by atoms with Crippen LogP contribution in [0.5, 0.6) is 11.5 Å². The molecule has 168 valence electrons. The Morgan fingerprint density at radius 3 is 2.23 bits per heavy atom. The van der Waals surface area contributed by atoms with E-state index in [2.05, 4.69) is 23.8 Å². The van der Waals surface area contributed by atoms with Crippen molar-refractivity contribution in [3.8, 4) is 11.5 Å². The maximum atomic E-state index is 14.5. The van der Waals surface area contributed by atoms with Crippen LogP contribution in [0.3, 0.4) is 0 Å². The predicted molar refractivity (Wildman–Crippen MR) is 113 cm³/mol. The Bertz CT molecular complexity index is 885. The first-order chi connectivity index (χ1) is 14.9. The quantitative estimate of drug-likeness (QED) is 0.311. The molecule has 1 aliphatic rings. The van der Waals surface area contributed by atoms with Crippen molar-refractivity contribution in [1.29, 1.82) is 0 Å². The summed E-state index contributed by atoms with van der Waals surface area (Å²) in [6.07, 6.45) is 7.04. The zero-order valence-corrected chi connectivity index (χ0v) is 17.8. The van der Waals surface area contributed by atoms with Gasteiger partial charge in [0.2, 0.25) is 5.82 Å². The minimum atomic E-state index is -4.03. The van der Waals surface area contributed by atoms with Crippen molar-refractivity contribution in [2.24, 2.45) is 5.92 Å². The number of benzene rings is 2. The van der Waals surface area contributed by atoms with Crippen molar-refractivity contribution in [2.75, 3.05) is 7.11 Å². The Kier molecular flexibility index (Phi) is 7.63. The van der Waals surface area contributed by atoms with E-state index in [1.165, 1.54) is 12.1 Å². The summed E-state index contributed by atoms with van der Waals surface area (Å²) in [6.45, 7) is 2.13. The summed E-state index contributed by atoms with van der Waals surface area (Å²) in [7, 11) is 1.13. The fourth-order valence-corrected chi connectivity index (χ4v) is 4.11. The van der Waals surface area contributed by atoms with Gasteiger partial charge in [0.15, 0.2) is 11.6 Å². The molecule has 6 heteroatoms. The Labute approximate surface area is 180 Å². The van der Waals surface area contributed by atoms with Crippen LogP contribution in [0.4, 0.5) is 17.6 Å². The number of methoxy groups -OCH3 is 1. The summed E-state index contributed by atoms with van der Waals surface area (Å²) in [5, 5.41) is 0. The molecule has 0 N–H and O–H groups in total. The van der Waals surface area contributed by atoms with Gasteiger partial charge in [-0.05, 0) is 80.2 Å². The molecule has 0 aliphatic heterocycles. The Hall–Kier alpha value is -2.50. The van der Waals surface area contributed by atoms with Crippen molar-refractivity contribution in [3.05, 3.63) is 71.3 Å². The second-order valence-electron chi connectivity index (χ2n) is 7.96. The van der Waals surface area contributed by atoms with Crippen molar-refractivity contribution in [3.63, 3.8) is 0 Å². The molecule has 0 atom stereocenters. The molecule has 0 bridgehead atoms. The van der Waals surface area contributed by atoms with E-state index < -0.39 is 29.1 Å². The standard InChI is InChI=1S/C25H28F4O2/c1-3-4-5-6-17-7-9-18(10-8-17)19-11-13-20(14-12-19)31-25(28,29)21-15-16-22(30-2)24(27)23(21)26/h4-5,11-18H,3,6-10H2,1-2H3/b5-4+. The van der Waals surface area contributed by atoms with E-state index in [0.29, 0.717) is 11.8 Å². The van der Waals surface area contributed by atoms with Gasteiger partial charge in [-0.1, -0.05) is 31.2 Å². The molecule has 3 rings (SSSR count). The maximum absolute atomic E-state index is 14.5. The molecular weight excluding hydrogens is 408 g/mol. The summed E-state index contributed by atoms with van der Waals surface area (Å²) in [6, 6.07) is 8.17. The monoisotopic (exact) mass is 436 g/mol. The number of hydrogen-bond donors (Lipinski definition) is 0. The molecule has 31 heavy (non-hydrogen) atoms. The van der Waals surface area contributed by atoms with Gasteiger partial charge in [-0.15, -0.1) is 0 Å². The molecule has 2 nitrogen and oxygen atoms in total.